The second-order valence-electron chi connectivity index (χ2n) is 5.89. The summed E-state index contributed by atoms with van der Waals surface area (Å²) in [5.74, 6) is -1.32. The third-order valence-corrected chi connectivity index (χ3v) is 4.44. The molecule has 0 spiro atoms. The Hall–Kier alpha value is -3.54. The van der Waals surface area contributed by atoms with E-state index in [9.17, 15) is 14.0 Å². The van der Waals surface area contributed by atoms with Gasteiger partial charge in [0.15, 0.2) is 0 Å². The van der Waals surface area contributed by atoms with Gasteiger partial charge in [-0.2, -0.15) is 0 Å². The van der Waals surface area contributed by atoms with Crippen LogP contribution in [0.1, 0.15) is 20.8 Å². The highest BCUT2D eigenvalue weighted by Crippen LogP contribution is 2.37. The van der Waals surface area contributed by atoms with Crippen LogP contribution in [-0.2, 0) is 0 Å². The summed E-state index contributed by atoms with van der Waals surface area (Å²) in [6.45, 7) is 0. The number of carbonyl (C=O) groups excluding carboxylic acids is 2. The Kier molecular flexibility index (Phi) is 2.62. The van der Waals surface area contributed by atoms with Gasteiger partial charge in [0.05, 0.1) is 16.8 Å². The number of fused-ring (bicyclic) bond motifs is 5. The SMILES string of the molecule is O=C1NC(=O)c2c1nc(-c1ccc(F)cc1)c1[nH]c3ccccc3c21. The Morgan fingerprint density at radius 2 is 1.64 bits per heavy atom. The molecule has 5 nitrogen and oxygen atoms in total. The van der Waals surface area contributed by atoms with E-state index in [2.05, 4.69) is 15.3 Å². The largest absolute Gasteiger partial charge is 0.353 e. The summed E-state index contributed by atoms with van der Waals surface area (Å²) < 4.78 is 13.3. The van der Waals surface area contributed by atoms with Crippen LogP contribution < -0.4 is 5.32 Å². The molecule has 5 rings (SSSR count). The number of carbonyl (C=O) groups is 2. The van der Waals surface area contributed by atoms with Crippen LogP contribution in [0.3, 0.4) is 0 Å². The highest BCUT2D eigenvalue weighted by atomic mass is 19.1. The number of halogens is 1. The Morgan fingerprint density at radius 3 is 2.44 bits per heavy atom. The first kappa shape index (κ1) is 13.9. The van der Waals surface area contributed by atoms with Gasteiger partial charge in [-0.3, -0.25) is 14.9 Å². The fourth-order valence-electron chi connectivity index (χ4n) is 3.35. The normalized spacial score (nSPS) is 13.5. The van der Waals surface area contributed by atoms with Gasteiger partial charge in [-0.25, -0.2) is 9.37 Å². The lowest BCUT2D eigenvalue weighted by Crippen LogP contribution is -2.20. The molecule has 0 saturated heterocycles. The average Bonchev–Trinajstić information content (AvgIpc) is 3.12. The van der Waals surface area contributed by atoms with Crippen LogP contribution in [0.5, 0.6) is 0 Å². The van der Waals surface area contributed by atoms with Gasteiger partial charge >= 0.3 is 0 Å². The first-order valence-electron chi connectivity index (χ1n) is 7.69. The van der Waals surface area contributed by atoms with Crippen molar-refractivity contribution in [2.75, 3.05) is 0 Å². The van der Waals surface area contributed by atoms with Crippen molar-refractivity contribution in [1.82, 2.24) is 15.3 Å². The lowest BCUT2D eigenvalue weighted by atomic mass is 10.0. The molecule has 2 N–H and O–H groups in total. The van der Waals surface area contributed by atoms with Gasteiger partial charge in [-0.05, 0) is 30.3 Å². The second kappa shape index (κ2) is 4.73. The summed E-state index contributed by atoms with van der Waals surface area (Å²) in [5.41, 5.74) is 3.03. The van der Waals surface area contributed by atoms with Crippen LogP contribution >= 0.6 is 0 Å². The van der Waals surface area contributed by atoms with Crippen molar-refractivity contribution >= 4 is 33.6 Å². The van der Waals surface area contributed by atoms with E-state index in [1.54, 1.807) is 12.1 Å². The number of hydrogen-bond donors (Lipinski definition) is 2. The topological polar surface area (TPSA) is 74.8 Å². The number of para-hydroxylation sites is 1. The number of nitrogens with zero attached hydrogens (tertiary/aromatic N) is 1. The zero-order valence-electron chi connectivity index (χ0n) is 12.8. The summed E-state index contributed by atoms with van der Waals surface area (Å²) in [6.07, 6.45) is 0. The molecule has 3 heterocycles. The molecule has 1 aliphatic rings. The van der Waals surface area contributed by atoms with Gasteiger partial charge in [0.25, 0.3) is 11.8 Å². The Bertz CT molecular complexity index is 1210. The molecule has 2 amide bonds. The van der Waals surface area contributed by atoms with Gasteiger partial charge in [0.1, 0.15) is 11.5 Å². The molecular weight excluding hydrogens is 321 g/mol. The average molecular weight is 331 g/mol. The third kappa shape index (κ3) is 1.85. The molecule has 2 aromatic carbocycles. The molecule has 25 heavy (non-hydrogen) atoms. The number of benzene rings is 2. The van der Waals surface area contributed by atoms with Crippen molar-refractivity contribution in [1.29, 1.82) is 0 Å². The summed E-state index contributed by atoms with van der Waals surface area (Å²) in [7, 11) is 0. The fourth-order valence-corrected chi connectivity index (χ4v) is 3.35. The molecule has 0 aliphatic carbocycles. The fraction of sp³-hybridized carbons (Fsp3) is 0. The summed E-state index contributed by atoms with van der Waals surface area (Å²) in [5, 5.41) is 3.80. The Morgan fingerprint density at radius 1 is 0.880 bits per heavy atom. The molecule has 0 unspecified atom stereocenters. The zero-order valence-corrected chi connectivity index (χ0v) is 12.8. The minimum atomic E-state index is -0.518. The number of nitrogens with one attached hydrogen (secondary N) is 2. The lowest BCUT2D eigenvalue weighted by Gasteiger charge is -2.06. The number of amides is 2. The quantitative estimate of drug-likeness (QED) is 0.525. The summed E-state index contributed by atoms with van der Waals surface area (Å²) in [6, 6.07) is 13.4. The molecule has 0 radical (unpaired) electrons. The molecule has 0 fully saturated rings. The monoisotopic (exact) mass is 331 g/mol. The van der Waals surface area contributed by atoms with E-state index in [0.717, 1.165) is 10.9 Å². The molecule has 4 aromatic rings. The first-order valence-corrected chi connectivity index (χ1v) is 7.69. The van der Waals surface area contributed by atoms with Gasteiger partial charge in [-0.1, -0.05) is 18.2 Å². The van der Waals surface area contributed by atoms with Crippen molar-refractivity contribution < 1.29 is 14.0 Å². The number of H-pyrrole nitrogens is 1. The minimum absolute atomic E-state index is 0.0987. The molecular formula is C19H10FN3O2. The van der Waals surface area contributed by atoms with Crippen LogP contribution in [-0.4, -0.2) is 21.8 Å². The zero-order chi connectivity index (χ0) is 17.1. The van der Waals surface area contributed by atoms with E-state index in [1.807, 2.05) is 24.3 Å². The van der Waals surface area contributed by atoms with Crippen molar-refractivity contribution in [2.24, 2.45) is 0 Å². The maximum absolute atomic E-state index is 13.3. The van der Waals surface area contributed by atoms with Crippen LogP contribution in [0.15, 0.2) is 48.5 Å². The van der Waals surface area contributed by atoms with E-state index >= 15 is 0 Å². The van der Waals surface area contributed by atoms with E-state index in [0.29, 0.717) is 22.2 Å². The van der Waals surface area contributed by atoms with Gasteiger partial charge in [0, 0.05) is 21.9 Å². The molecule has 6 heteroatoms. The van der Waals surface area contributed by atoms with Crippen LogP contribution in [0.25, 0.3) is 33.1 Å². The molecule has 0 saturated carbocycles. The number of aromatic amines is 1. The van der Waals surface area contributed by atoms with Crippen molar-refractivity contribution in [3.8, 4) is 11.3 Å². The van der Waals surface area contributed by atoms with Gasteiger partial charge in [0.2, 0.25) is 0 Å². The van der Waals surface area contributed by atoms with Gasteiger partial charge in [-0.15, -0.1) is 0 Å². The molecule has 0 atom stereocenters. The van der Waals surface area contributed by atoms with Gasteiger partial charge < -0.3 is 4.98 Å². The highest BCUT2D eigenvalue weighted by molar-refractivity contribution is 6.30. The van der Waals surface area contributed by atoms with Crippen LogP contribution in [0.4, 0.5) is 4.39 Å². The summed E-state index contributed by atoms with van der Waals surface area (Å²) >= 11 is 0. The maximum atomic E-state index is 13.3. The standard InChI is InChI=1S/C19H10FN3O2/c20-10-7-5-9(6-8-10)15-16-13(11-3-1-2-4-12(11)21-16)14-17(22-15)19(25)23-18(14)24/h1-8,21H,(H,23,24,25). The number of hydrogen-bond acceptors (Lipinski definition) is 3. The van der Waals surface area contributed by atoms with Crippen molar-refractivity contribution in [3.63, 3.8) is 0 Å². The van der Waals surface area contributed by atoms with Crippen molar-refractivity contribution in [2.45, 2.75) is 0 Å². The van der Waals surface area contributed by atoms with Crippen LogP contribution in [0.2, 0.25) is 0 Å². The predicted molar refractivity (Wildman–Crippen MR) is 90.8 cm³/mol. The smallest absolute Gasteiger partial charge is 0.277 e. The van der Waals surface area contributed by atoms with E-state index in [4.69, 9.17) is 0 Å². The third-order valence-electron chi connectivity index (χ3n) is 4.44. The number of pyridine rings is 1. The van der Waals surface area contributed by atoms with E-state index in [1.165, 1.54) is 12.1 Å². The number of imide groups is 1. The number of aromatic nitrogens is 2. The highest BCUT2D eigenvalue weighted by Gasteiger charge is 2.33. The molecule has 1 aliphatic heterocycles. The van der Waals surface area contributed by atoms with Crippen molar-refractivity contribution in [3.05, 3.63) is 65.6 Å². The summed E-state index contributed by atoms with van der Waals surface area (Å²) in [4.78, 5) is 32.1. The van der Waals surface area contributed by atoms with E-state index < -0.39 is 11.8 Å². The Labute approximate surface area is 140 Å². The Balaban J connectivity index is 1.98. The van der Waals surface area contributed by atoms with Crippen LogP contribution in [0, 0.1) is 5.82 Å². The maximum Gasteiger partial charge on any atom is 0.277 e. The molecule has 0 bridgehead atoms. The second-order valence-corrected chi connectivity index (χ2v) is 5.89. The first-order chi connectivity index (χ1) is 12.1. The predicted octanol–water partition coefficient (Wildman–Crippen LogP) is 3.41. The van der Waals surface area contributed by atoms with E-state index in [-0.39, 0.29) is 17.1 Å². The molecule has 120 valence electrons. The lowest BCUT2D eigenvalue weighted by molar-refractivity contribution is 0.0878. The molecule has 2 aromatic heterocycles. The minimum Gasteiger partial charge on any atom is -0.353 e. The number of rotatable bonds is 1.